The molecule has 0 atom stereocenters. The molecular weight excluding hydrogens is 402 g/mol. The zero-order chi connectivity index (χ0) is 23.4. The fourth-order valence-corrected chi connectivity index (χ4v) is 3.97. The fraction of sp³-hybridized carbons (Fsp3) is 0.692. The zero-order valence-corrected chi connectivity index (χ0v) is 20.4. The van der Waals surface area contributed by atoms with Gasteiger partial charge in [0, 0.05) is 19.3 Å². The van der Waals surface area contributed by atoms with E-state index in [9.17, 15) is 5.26 Å². The van der Waals surface area contributed by atoms with Crippen LogP contribution in [-0.4, -0.2) is 54.2 Å². The van der Waals surface area contributed by atoms with Crippen LogP contribution in [0.25, 0.3) is 0 Å². The van der Waals surface area contributed by atoms with Crippen molar-refractivity contribution >= 4 is 5.69 Å². The highest BCUT2D eigenvalue weighted by Gasteiger charge is 2.35. The largest absolute Gasteiger partial charge is 0.375 e. The highest BCUT2D eigenvalue weighted by molar-refractivity contribution is 5.60. The van der Waals surface area contributed by atoms with Gasteiger partial charge in [-0.1, -0.05) is 5.92 Å². The van der Waals surface area contributed by atoms with Gasteiger partial charge in [0.05, 0.1) is 40.8 Å². The van der Waals surface area contributed by atoms with Crippen LogP contribution in [-0.2, 0) is 14.2 Å². The third kappa shape index (κ3) is 7.48. The first-order chi connectivity index (χ1) is 15.0. The summed E-state index contributed by atoms with van der Waals surface area (Å²) >= 11 is 0. The van der Waals surface area contributed by atoms with Crippen molar-refractivity contribution in [2.24, 2.45) is 0 Å². The molecule has 2 aliphatic rings. The molecule has 0 aromatic carbocycles. The minimum absolute atomic E-state index is 0.0905. The molecule has 0 unspecified atom stereocenters. The summed E-state index contributed by atoms with van der Waals surface area (Å²) in [6, 6.07) is 4.19. The van der Waals surface area contributed by atoms with Gasteiger partial charge in [-0.05, 0) is 79.2 Å². The monoisotopic (exact) mass is 439 g/mol. The Kier molecular flexibility index (Phi) is 7.83. The van der Waals surface area contributed by atoms with Gasteiger partial charge in [0.25, 0.3) is 0 Å². The number of piperidine rings is 1. The van der Waals surface area contributed by atoms with E-state index < -0.39 is 0 Å². The van der Waals surface area contributed by atoms with Crippen molar-refractivity contribution in [3.63, 3.8) is 0 Å². The summed E-state index contributed by atoms with van der Waals surface area (Å²) in [5.74, 6) is 6.08. The van der Waals surface area contributed by atoms with Gasteiger partial charge in [0.15, 0.2) is 0 Å². The predicted molar refractivity (Wildman–Crippen MR) is 126 cm³/mol. The SMILES string of the molecule is CC(C)(C)OCC#Cc1cc(N2CCC(OC3CC(OC(C)(C)C)C3)CC2)c(C#N)cn1. The van der Waals surface area contributed by atoms with E-state index in [4.69, 9.17) is 14.2 Å². The highest BCUT2D eigenvalue weighted by Crippen LogP contribution is 2.33. The summed E-state index contributed by atoms with van der Waals surface area (Å²) in [6.07, 6.45) is 6.41. The van der Waals surface area contributed by atoms with Gasteiger partial charge in [0.2, 0.25) is 0 Å². The summed E-state index contributed by atoms with van der Waals surface area (Å²) in [5, 5.41) is 9.55. The van der Waals surface area contributed by atoms with Gasteiger partial charge >= 0.3 is 0 Å². The van der Waals surface area contributed by atoms with Crippen molar-refractivity contribution in [1.82, 2.24) is 4.98 Å². The molecule has 1 aliphatic heterocycles. The van der Waals surface area contributed by atoms with Gasteiger partial charge in [-0.2, -0.15) is 5.26 Å². The van der Waals surface area contributed by atoms with Crippen molar-refractivity contribution in [2.45, 2.75) is 96.7 Å². The highest BCUT2D eigenvalue weighted by atomic mass is 16.5. The van der Waals surface area contributed by atoms with Gasteiger partial charge < -0.3 is 19.1 Å². The number of pyridine rings is 1. The number of hydrogen-bond acceptors (Lipinski definition) is 6. The average molecular weight is 440 g/mol. The topological polar surface area (TPSA) is 67.6 Å². The summed E-state index contributed by atoms with van der Waals surface area (Å²) in [5.41, 5.74) is 1.84. The molecule has 0 N–H and O–H groups in total. The molecule has 6 nitrogen and oxygen atoms in total. The van der Waals surface area contributed by atoms with Crippen LogP contribution in [0.1, 0.15) is 78.5 Å². The van der Waals surface area contributed by atoms with Gasteiger partial charge in [-0.3, -0.25) is 0 Å². The molecule has 1 aliphatic carbocycles. The molecule has 0 bridgehead atoms. The van der Waals surface area contributed by atoms with Crippen LogP contribution in [0, 0.1) is 23.2 Å². The molecule has 0 amide bonds. The van der Waals surface area contributed by atoms with Gasteiger partial charge in [-0.25, -0.2) is 4.98 Å². The molecule has 1 aromatic heterocycles. The van der Waals surface area contributed by atoms with Gasteiger partial charge in [0.1, 0.15) is 18.4 Å². The first-order valence-corrected chi connectivity index (χ1v) is 11.6. The summed E-state index contributed by atoms with van der Waals surface area (Å²) in [7, 11) is 0. The van der Waals surface area contributed by atoms with Crippen LogP contribution in [0.2, 0.25) is 0 Å². The molecule has 2 heterocycles. The van der Waals surface area contributed by atoms with Crippen LogP contribution in [0.4, 0.5) is 5.69 Å². The van der Waals surface area contributed by atoms with Crippen LogP contribution in [0.3, 0.4) is 0 Å². The standard InChI is InChI=1S/C26H37N3O3/c1-25(2,3)30-13-7-8-20-14-24(19(17-27)18-28-20)29-11-9-21(10-12-29)31-22-15-23(16-22)32-26(4,5)6/h14,18,21-23H,9-13,15-16H2,1-6H3. The third-order valence-corrected chi connectivity index (χ3v) is 5.54. The van der Waals surface area contributed by atoms with Crippen LogP contribution in [0.5, 0.6) is 0 Å². The Morgan fingerprint density at radius 1 is 1.03 bits per heavy atom. The lowest BCUT2D eigenvalue weighted by Gasteiger charge is -2.42. The average Bonchev–Trinajstić information content (AvgIpc) is 2.68. The quantitative estimate of drug-likeness (QED) is 0.632. The Labute approximate surface area is 193 Å². The van der Waals surface area contributed by atoms with E-state index in [1.165, 1.54) is 0 Å². The van der Waals surface area contributed by atoms with E-state index in [0.29, 0.717) is 30.1 Å². The number of anilines is 1. The van der Waals surface area contributed by atoms with Crippen LogP contribution < -0.4 is 4.90 Å². The van der Waals surface area contributed by atoms with Crippen LogP contribution >= 0.6 is 0 Å². The summed E-state index contributed by atoms with van der Waals surface area (Å²) in [4.78, 5) is 6.58. The lowest BCUT2D eigenvalue weighted by molar-refractivity contribution is -0.164. The maximum absolute atomic E-state index is 9.55. The first-order valence-electron chi connectivity index (χ1n) is 11.6. The smallest absolute Gasteiger partial charge is 0.115 e. The Bertz CT molecular complexity index is 869. The number of nitrogens with zero attached hydrogens (tertiary/aromatic N) is 3. The normalized spacial score (nSPS) is 22.0. The molecule has 1 aromatic rings. The second kappa shape index (κ2) is 10.2. The molecule has 0 radical (unpaired) electrons. The van der Waals surface area contributed by atoms with Gasteiger partial charge in [-0.15, -0.1) is 0 Å². The van der Waals surface area contributed by atoms with E-state index in [1.54, 1.807) is 6.20 Å². The molecule has 2 fully saturated rings. The van der Waals surface area contributed by atoms with E-state index in [-0.39, 0.29) is 17.3 Å². The Morgan fingerprint density at radius 3 is 2.31 bits per heavy atom. The minimum atomic E-state index is -0.218. The second-order valence-corrected chi connectivity index (χ2v) is 10.7. The first kappa shape index (κ1) is 24.5. The maximum Gasteiger partial charge on any atom is 0.115 e. The number of ether oxygens (including phenoxy) is 3. The predicted octanol–water partition coefficient (Wildman–Crippen LogP) is 4.45. The summed E-state index contributed by atoms with van der Waals surface area (Å²) in [6.45, 7) is 14.4. The van der Waals surface area contributed by atoms with Crippen molar-refractivity contribution in [3.05, 3.63) is 23.5 Å². The minimum Gasteiger partial charge on any atom is -0.375 e. The van der Waals surface area contributed by atoms with E-state index in [0.717, 1.165) is 44.5 Å². The molecule has 3 rings (SSSR count). The molecular formula is C26H37N3O3. The number of nitriles is 1. The van der Waals surface area contributed by atoms with E-state index >= 15 is 0 Å². The van der Waals surface area contributed by atoms with E-state index in [1.807, 2.05) is 26.8 Å². The van der Waals surface area contributed by atoms with Crippen molar-refractivity contribution in [1.29, 1.82) is 5.26 Å². The van der Waals surface area contributed by atoms with Crippen molar-refractivity contribution in [2.75, 3.05) is 24.6 Å². The third-order valence-electron chi connectivity index (χ3n) is 5.54. The Hall–Kier alpha value is -2.12. The Morgan fingerprint density at radius 2 is 1.72 bits per heavy atom. The lowest BCUT2D eigenvalue weighted by Crippen LogP contribution is -2.45. The molecule has 1 saturated heterocycles. The second-order valence-electron chi connectivity index (χ2n) is 10.7. The molecule has 6 heteroatoms. The fourth-order valence-electron chi connectivity index (χ4n) is 3.97. The summed E-state index contributed by atoms with van der Waals surface area (Å²) < 4.78 is 18.0. The number of aromatic nitrogens is 1. The molecule has 174 valence electrons. The maximum atomic E-state index is 9.55. The van der Waals surface area contributed by atoms with Crippen LogP contribution in [0.15, 0.2) is 12.3 Å². The zero-order valence-electron chi connectivity index (χ0n) is 20.4. The van der Waals surface area contributed by atoms with Crippen molar-refractivity contribution in [3.8, 4) is 17.9 Å². The molecule has 32 heavy (non-hydrogen) atoms. The Balaban J connectivity index is 1.51. The number of rotatable bonds is 5. The molecule has 0 spiro atoms. The van der Waals surface area contributed by atoms with Crippen molar-refractivity contribution < 1.29 is 14.2 Å². The van der Waals surface area contributed by atoms with E-state index in [2.05, 4.69) is 48.6 Å². The lowest BCUT2D eigenvalue weighted by atomic mass is 9.90. The molecule has 1 saturated carbocycles. The number of hydrogen-bond donors (Lipinski definition) is 0.